The van der Waals surface area contributed by atoms with Gasteiger partial charge in [0.1, 0.15) is 6.61 Å². The smallest absolute Gasteiger partial charge is 0.270 e. The topological polar surface area (TPSA) is 57.2 Å². The van der Waals surface area contributed by atoms with E-state index in [0.717, 1.165) is 5.56 Å². The fourth-order valence-corrected chi connectivity index (χ4v) is 4.18. The first-order valence-corrected chi connectivity index (χ1v) is 9.75. The van der Waals surface area contributed by atoms with Crippen LogP contribution in [0.1, 0.15) is 5.56 Å². The average Bonchev–Trinajstić information content (AvgIpc) is 3.30. The van der Waals surface area contributed by atoms with E-state index < -0.39 is 0 Å². The van der Waals surface area contributed by atoms with Crippen molar-refractivity contribution in [2.75, 3.05) is 25.4 Å². The van der Waals surface area contributed by atoms with Crippen molar-refractivity contribution in [2.24, 2.45) is 0 Å². The second-order valence-electron chi connectivity index (χ2n) is 5.96. The molecular weight excluding hydrogens is 410 g/mol. The minimum absolute atomic E-state index is 0.143. The summed E-state index contributed by atoms with van der Waals surface area (Å²) in [4.78, 5) is 15.0. The minimum Gasteiger partial charge on any atom is -0.493 e. The summed E-state index contributed by atoms with van der Waals surface area (Å²) in [6.07, 6.45) is 6.99. The number of thioether (sulfide) groups is 1. The molecule has 0 radical (unpaired) electrons. The van der Waals surface area contributed by atoms with Crippen LogP contribution in [-0.4, -0.2) is 30.7 Å². The highest BCUT2D eigenvalue weighted by atomic mass is 32.2. The number of methoxy groups -OCH3 is 1. The summed E-state index contributed by atoms with van der Waals surface area (Å²) in [7, 11) is 1.54. The third-order valence-electron chi connectivity index (χ3n) is 4.20. The van der Waals surface area contributed by atoms with Gasteiger partial charge in [-0.2, -0.15) is 0 Å². The molecule has 0 atom stereocenters. The van der Waals surface area contributed by atoms with Gasteiger partial charge in [0, 0.05) is 6.07 Å². The third-order valence-corrected chi connectivity index (χ3v) is 5.51. The fourth-order valence-electron chi connectivity index (χ4n) is 2.88. The number of terminal acetylenes is 1. The van der Waals surface area contributed by atoms with Crippen molar-refractivity contribution < 1.29 is 23.7 Å². The van der Waals surface area contributed by atoms with Crippen molar-refractivity contribution in [3.05, 3.63) is 46.9 Å². The number of rotatable bonds is 5. The molecule has 0 saturated carbocycles. The highest BCUT2D eigenvalue weighted by Gasteiger charge is 2.34. The number of carbonyl (C=O) groups excluding carboxylic acids is 1. The first-order chi connectivity index (χ1) is 14.1. The zero-order valence-electron chi connectivity index (χ0n) is 15.3. The lowest BCUT2D eigenvalue weighted by molar-refractivity contribution is -0.113. The first-order valence-electron chi connectivity index (χ1n) is 8.52. The standard InChI is InChI=1S/C21H15NO5S2/c1-3-8-25-15-6-4-13(9-17(15)24-2)10-19-20(23)22(21(28)29-19)14-5-7-16-18(11-14)27-12-26-16/h1,4-7,9-11H,8,12H2,2H3/b19-10+. The van der Waals surface area contributed by atoms with Crippen molar-refractivity contribution in [3.8, 4) is 35.3 Å². The molecule has 6 nitrogen and oxygen atoms in total. The molecule has 0 N–H and O–H groups in total. The largest absolute Gasteiger partial charge is 0.493 e. The van der Waals surface area contributed by atoms with Gasteiger partial charge in [0.05, 0.1) is 17.7 Å². The van der Waals surface area contributed by atoms with Crippen LogP contribution in [0.5, 0.6) is 23.0 Å². The Morgan fingerprint density at radius 1 is 1.24 bits per heavy atom. The fraction of sp³-hybridized carbons (Fsp3) is 0.143. The second kappa shape index (κ2) is 8.07. The third kappa shape index (κ3) is 3.75. The zero-order valence-corrected chi connectivity index (χ0v) is 17.0. The summed E-state index contributed by atoms with van der Waals surface area (Å²) >= 11 is 6.66. The van der Waals surface area contributed by atoms with Gasteiger partial charge in [-0.1, -0.05) is 36.0 Å². The number of benzene rings is 2. The Morgan fingerprint density at radius 3 is 2.86 bits per heavy atom. The van der Waals surface area contributed by atoms with Crippen LogP contribution in [0.15, 0.2) is 41.3 Å². The van der Waals surface area contributed by atoms with Gasteiger partial charge in [-0.25, -0.2) is 0 Å². The van der Waals surface area contributed by atoms with Gasteiger partial charge in [0.15, 0.2) is 27.3 Å². The van der Waals surface area contributed by atoms with Crippen LogP contribution < -0.4 is 23.8 Å². The van der Waals surface area contributed by atoms with Crippen molar-refractivity contribution >= 4 is 46.0 Å². The predicted octanol–water partition coefficient (Wildman–Crippen LogP) is 3.84. The molecule has 2 aliphatic rings. The Labute approximate surface area is 177 Å². The Bertz CT molecular complexity index is 1070. The molecule has 8 heteroatoms. The molecule has 2 aromatic rings. The van der Waals surface area contributed by atoms with Crippen LogP contribution in [0.3, 0.4) is 0 Å². The number of thiocarbonyl (C=S) groups is 1. The van der Waals surface area contributed by atoms with E-state index in [1.165, 1.54) is 16.7 Å². The number of nitrogens with zero attached hydrogens (tertiary/aromatic N) is 1. The van der Waals surface area contributed by atoms with Crippen molar-refractivity contribution in [1.29, 1.82) is 0 Å². The van der Waals surface area contributed by atoms with E-state index in [1.807, 2.05) is 6.07 Å². The number of amides is 1. The SMILES string of the molecule is C#CCOc1ccc(/C=C2/SC(=S)N(c3ccc4c(c3)OCO4)C2=O)cc1OC. The molecule has 0 bridgehead atoms. The molecule has 0 aliphatic carbocycles. The molecule has 0 unspecified atom stereocenters. The summed E-state index contributed by atoms with van der Waals surface area (Å²) < 4.78 is 22.0. The van der Waals surface area contributed by atoms with Crippen molar-refractivity contribution in [1.82, 2.24) is 0 Å². The zero-order chi connectivity index (χ0) is 20.4. The molecule has 4 rings (SSSR count). The first kappa shape index (κ1) is 19.2. The van der Waals surface area contributed by atoms with Crippen LogP contribution in [0.25, 0.3) is 6.08 Å². The monoisotopic (exact) mass is 425 g/mol. The van der Waals surface area contributed by atoms with Crippen LogP contribution >= 0.6 is 24.0 Å². The number of hydrogen-bond acceptors (Lipinski definition) is 7. The quantitative estimate of drug-likeness (QED) is 0.410. The lowest BCUT2D eigenvalue weighted by Gasteiger charge is -2.14. The summed E-state index contributed by atoms with van der Waals surface area (Å²) in [5, 5.41) is 0. The second-order valence-corrected chi connectivity index (χ2v) is 7.63. The van der Waals surface area contributed by atoms with E-state index in [-0.39, 0.29) is 19.3 Å². The minimum atomic E-state index is -0.203. The number of anilines is 1. The molecule has 1 saturated heterocycles. The predicted molar refractivity (Wildman–Crippen MR) is 116 cm³/mol. The molecule has 1 fully saturated rings. The van der Waals surface area contributed by atoms with E-state index in [9.17, 15) is 4.79 Å². The maximum absolute atomic E-state index is 13.0. The van der Waals surface area contributed by atoms with Gasteiger partial charge >= 0.3 is 0 Å². The number of fused-ring (bicyclic) bond motifs is 1. The van der Waals surface area contributed by atoms with Gasteiger partial charge in [0.25, 0.3) is 5.91 Å². The van der Waals surface area contributed by atoms with E-state index in [4.69, 9.17) is 37.6 Å². The van der Waals surface area contributed by atoms with Crippen LogP contribution in [0.4, 0.5) is 5.69 Å². The molecule has 29 heavy (non-hydrogen) atoms. The lowest BCUT2D eigenvalue weighted by Crippen LogP contribution is -2.27. The molecule has 146 valence electrons. The summed E-state index contributed by atoms with van der Waals surface area (Å²) in [6, 6.07) is 10.6. The van der Waals surface area contributed by atoms with Crippen LogP contribution in [-0.2, 0) is 4.79 Å². The molecule has 0 aromatic heterocycles. The van der Waals surface area contributed by atoms with Crippen molar-refractivity contribution in [2.45, 2.75) is 0 Å². The van der Waals surface area contributed by atoms with Crippen molar-refractivity contribution in [3.63, 3.8) is 0 Å². The van der Waals surface area contributed by atoms with Gasteiger partial charge < -0.3 is 18.9 Å². The molecule has 2 aromatic carbocycles. The van der Waals surface area contributed by atoms with E-state index >= 15 is 0 Å². The highest BCUT2D eigenvalue weighted by molar-refractivity contribution is 8.27. The van der Waals surface area contributed by atoms with Gasteiger partial charge in [-0.05, 0) is 35.9 Å². The van der Waals surface area contributed by atoms with Gasteiger partial charge in [0.2, 0.25) is 6.79 Å². The van der Waals surface area contributed by atoms with Gasteiger partial charge in [-0.15, -0.1) is 6.42 Å². The normalized spacial score (nSPS) is 16.3. The summed E-state index contributed by atoms with van der Waals surface area (Å²) in [5.41, 5.74) is 1.41. The summed E-state index contributed by atoms with van der Waals surface area (Å²) in [6.45, 7) is 0.309. The molecule has 0 spiro atoms. The number of hydrogen-bond donors (Lipinski definition) is 0. The van der Waals surface area contributed by atoms with Gasteiger partial charge in [-0.3, -0.25) is 9.69 Å². The van der Waals surface area contributed by atoms with E-state index in [2.05, 4.69) is 5.92 Å². The molecular formula is C21H15NO5S2. The Morgan fingerprint density at radius 2 is 2.07 bits per heavy atom. The molecule has 1 amide bonds. The Hall–Kier alpha value is -3.15. The molecule has 2 aliphatic heterocycles. The Kier molecular flexibility index (Phi) is 5.34. The highest BCUT2D eigenvalue weighted by Crippen LogP contribution is 2.41. The van der Waals surface area contributed by atoms with E-state index in [0.29, 0.717) is 37.9 Å². The lowest BCUT2D eigenvalue weighted by atomic mass is 10.1. The van der Waals surface area contributed by atoms with Crippen LogP contribution in [0.2, 0.25) is 0 Å². The molecule has 2 heterocycles. The Balaban J connectivity index is 1.60. The number of carbonyl (C=O) groups is 1. The van der Waals surface area contributed by atoms with Crippen LogP contribution in [0, 0.1) is 12.3 Å². The maximum atomic E-state index is 13.0. The number of ether oxygens (including phenoxy) is 4. The average molecular weight is 425 g/mol. The maximum Gasteiger partial charge on any atom is 0.270 e. The summed E-state index contributed by atoms with van der Waals surface area (Å²) in [5.74, 6) is 4.51. The van der Waals surface area contributed by atoms with E-state index in [1.54, 1.807) is 43.5 Å².